The molecule has 0 saturated carbocycles. The third-order valence-corrected chi connectivity index (χ3v) is 3.13. The number of carbonyl (C=O) groups excluding carboxylic acids is 1. The number of nitrogens with one attached hydrogen (secondary N) is 2. The standard InChI is InChI=1S/C12H19N3O/c1-15-7-3-5-11(15)12(16)14-9-10-4-2-6-13-8-10/h3,5,7,10,13H,2,4,6,8-9H2,1H3,(H,14,16). The summed E-state index contributed by atoms with van der Waals surface area (Å²) in [6.07, 6.45) is 4.31. The van der Waals surface area contributed by atoms with Crippen molar-refractivity contribution in [1.29, 1.82) is 0 Å². The van der Waals surface area contributed by atoms with Crippen molar-refractivity contribution in [3.63, 3.8) is 0 Å². The largest absolute Gasteiger partial charge is 0.350 e. The Kier molecular flexibility index (Phi) is 3.62. The van der Waals surface area contributed by atoms with E-state index in [9.17, 15) is 4.79 Å². The maximum Gasteiger partial charge on any atom is 0.267 e. The monoisotopic (exact) mass is 221 g/mol. The van der Waals surface area contributed by atoms with Crippen LogP contribution in [0, 0.1) is 5.92 Å². The molecule has 0 aliphatic carbocycles. The lowest BCUT2D eigenvalue weighted by Gasteiger charge is -2.22. The van der Waals surface area contributed by atoms with Gasteiger partial charge in [0.2, 0.25) is 0 Å². The molecule has 1 aromatic rings. The minimum atomic E-state index is 0.0260. The Bertz CT molecular complexity index is 353. The normalized spacial score (nSPS) is 20.7. The van der Waals surface area contributed by atoms with Gasteiger partial charge in [-0.05, 0) is 44.0 Å². The van der Waals surface area contributed by atoms with E-state index < -0.39 is 0 Å². The molecule has 16 heavy (non-hydrogen) atoms. The molecule has 0 spiro atoms. The quantitative estimate of drug-likeness (QED) is 0.791. The Morgan fingerprint density at radius 2 is 2.56 bits per heavy atom. The Labute approximate surface area is 96.0 Å². The van der Waals surface area contributed by atoms with Gasteiger partial charge in [-0.25, -0.2) is 0 Å². The fraction of sp³-hybridized carbons (Fsp3) is 0.583. The maximum atomic E-state index is 11.8. The Morgan fingerprint density at radius 3 is 3.19 bits per heavy atom. The van der Waals surface area contributed by atoms with E-state index in [0.29, 0.717) is 5.92 Å². The van der Waals surface area contributed by atoms with E-state index in [4.69, 9.17) is 0 Å². The van der Waals surface area contributed by atoms with Gasteiger partial charge in [0.15, 0.2) is 0 Å². The van der Waals surface area contributed by atoms with E-state index in [1.165, 1.54) is 12.8 Å². The van der Waals surface area contributed by atoms with Crippen molar-refractivity contribution in [1.82, 2.24) is 15.2 Å². The van der Waals surface area contributed by atoms with E-state index in [1.807, 2.05) is 29.9 Å². The van der Waals surface area contributed by atoms with Gasteiger partial charge in [0.05, 0.1) is 0 Å². The highest BCUT2D eigenvalue weighted by atomic mass is 16.1. The number of nitrogens with zero attached hydrogens (tertiary/aromatic N) is 1. The molecule has 1 atom stereocenters. The van der Waals surface area contributed by atoms with E-state index >= 15 is 0 Å². The summed E-state index contributed by atoms with van der Waals surface area (Å²) < 4.78 is 1.84. The van der Waals surface area contributed by atoms with Gasteiger partial charge in [-0.2, -0.15) is 0 Å². The van der Waals surface area contributed by atoms with Crippen LogP contribution in [0.25, 0.3) is 0 Å². The zero-order valence-corrected chi connectivity index (χ0v) is 9.70. The van der Waals surface area contributed by atoms with E-state index in [0.717, 1.165) is 25.3 Å². The van der Waals surface area contributed by atoms with Crippen LogP contribution in [0.3, 0.4) is 0 Å². The molecule has 2 rings (SSSR count). The number of hydrogen-bond donors (Lipinski definition) is 2. The second kappa shape index (κ2) is 5.16. The van der Waals surface area contributed by atoms with E-state index in [2.05, 4.69) is 10.6 Å². The maximum absolute atomic E-state index is 11.8. The van der Waals surface area contributed by atoms with Crippen LogP contribution in [0.15, 0.2) is 18.3 Å². The summed E-state index contributed by atoms with van der Waals surface area (Å²) in [5, 5.41) is 6.34. The molecule has 0 bridgehead atoms. The highest BCUT2D eigenvalue weighted by Crippen LogP contribution is 2.08. The lowest BCUT2D eigenvalue weighted by Crippen LogP contribution is -2.38. The van der Waals surface area contributed by atoms with Gasteiger partial charge < -0.3 is 15.2 Å². The van der Waals surface area contributed by atoms with Crippen molar-refractivity contribution in [2.75, 3.05) is 19.6 Å². The summed E-state index contributed by atoms with van der Waals surface area (Å²) in [5.74, 6) is 0.607. The minimum Gasteiger partial charge on any atom is -0.350 e. The Morgan fingerprint density at radius 1 is 1.69 bits per heavy atom. The molecule has 1 unspecified atom stereocenters. The molecule has 0 radical (unpaired) electrons. The minimum absolute atomic E-state index is 0.0260. The van der Waals surface area contributed by atoms with Crippen molar-refractivity contribution in [2.45, 2.75) is 12.8 Å². The van der Waals surface area contributed by atoms with Crippen LogP contribution in [0.1, 0.15) is 23.3 Å². The fourth-order valence-electron chi connectivity index (χ4n) is 2.12. The van der Waals surface area contributed by atoms with Crippen molar-refractivity contribution in [3.8, 4) is 0 Å². The van der Waals surface area contributed by atoms with Crippen LogP contribution in [-0.2, 0) is 7.05 Å². The van der Waals surface area contributed by atoms with Crippen LogP contribution >= 0.6 is 0 Å². The smallest absolute Gasteiger partial charge is 0.267 e. The van der Waals surface area contributed by atoms with E-state index in [-0.39, 0.29) is 5.91 Å². The molecule has 1 aliphatic rings. The van der Waals surface area contributed by atoms with Crippen LogP contribution in [0.4, 0.5) is 0 Å². The average Bonchev–Trinajstić information content (AvgIpc) is 2.74. The molecule has 2 N–H and O–H groups in total. The summed E-state index contributed by atoms with van der Waals surface area (Å²) in [4.78, 5) is 11.8. The number of aromatic nitrogens is 1. The predicted octanol–water partition coefficient (Wildman–Crippen LogP) is 0.754. The zero-order valence-electron chi connectivity index (χ0n) is 9.70. The first kappa shape index (κ1) is 11.2. The van der Waals surface area contributed by atoms with Crippen LogP contribution < -0.4 is 10.6 Å². The number of amides is 1. The summed E-state index contributed by atoms with van der Waals surface area (Å²) in [7, 11) is 1.89. The third kappa shape index (κ3) is 2.64. The molecule has 88 valence electrons. The lowest BCUT2D eigenvalue weighted by molar-refractivity contribution is 0.0936. The van der Waals surface area contributed by atoms with Crippen molar-refractivity contribution >= 4 is 5.91 Å². The highest BCUT2D eigenvalue weighted by Gasteiger charge is 2.15. The average molecular weight is 221 g/mol. The highest BCUT2D eigenvalue weighted by molar-refractivity contribution is 5.92. The van der Waals surface area contributed by atoms with E-state index in [1.54, 1.807) is 0 Å². The van der Waals surface area contributed by atoms with Gasteiger partial charge in [0, 0.05) is 19.8 Å². The molecule has 1 aromatic heterocycles. The number of carbonyl (C=O) groups is 1. The molecule has 1 aliphatic heterocycles. The number of aryl methyl sites for hydroxylation is 1. The molecule has 4 heteroatoms. The summed E-state index contributed by atoms with van der Waals surface area (Å²) in [6, 6.07) is 3.73. The van der Waals surface area contributed by atoms with Crippen molar-refractivity contribution < 1.29 is 4.79 Å². The van der Waals surface area contributed by atoms with Gasteiger partial charge in [-0.1, -0.05) is 0 Å². The van der Waals surface area contributed by atoms with Gasteiger partial charge in [-0.15, -0.1) is 0 Å². The first-order valence-corrected chi connectivity index (χ1v) is 5.87. The Balaban J connectivity index is 1.81. The molecule has 0 aromatic carbocycles. The molecule has 4 nitrogen and oxygen atoms in total. The third-order valence-electron chi connectivity index (χ3n) is 3.13. The van der Waals surface area contributed by atoms with Gasteiger partial charge >= 0.3 is 0 Å². The zero-order chi connectivity index (χ0) is 11.4. The summed E-state index contributed by atoms with van der Waals surface area (Å²) in [6.45, 7) is 2.91. The topological polar surface area (TPSA) is 46.1 Å². The molecule has 1 amide bonds. The molecule has 1 saturated heterocycles. The van der Waals surface area contributed by atoms with Crippen LogP contribution in [-0.4, -0.2) is 30.1 Å². The van der Waals surface area contributed by atoms with Gasteiger partial charge in [0.1, 0.15) is 5.69 Å². The molecule has 1 fully saturated rings. The summed E-state index contributed by atoms with van der Waals surface area (Å²) in [5.41, 5.74) is 0.726. The van der Waals surface area contributed by atoms with Gasteiger partial charge in [-0.3, -0.25) is 4.79 Å². The lowest BCUT2D eigenvalue weighted by atomic mass is 10.00. The van der Waals surface area contributed by atoms with Crippen LogP contribution in [0.5, 0.6) is 0 Å². The molecule has 2 heterocycles. The number of piperidine rings is 1. The molecular formula is C12H19N3O. The number of rotatable bonds is 3. The summed E-state index contributed by atoms with van der Waals surface area (Å²) >= 11 is 0. The van der Waals surface area contributed by atoms with Crippen molar-refractivity contribution in [2.24, 2.45) is 13.0 Å². The molecular weight excluding hydrogens is 202 g/mol. The number of hydrogen-bond acceptors (Lipinski definition) is 2. The van der Waals surface area contributed by atoms with Crippen molar-refractivity contribution in [3.05, 3.63) is 24.0 Å². The fourth-order valence-corrected chi connectivity index (χ4v) is 2.12. The Hall–Kier alpha value is -1.29. The SMILES string of the molecule is Cn1cccc1C(=O)NCC1CCCNC1. The first-order valence-electron chi connectivity index (χ1n) is 5.87. The van der Waals surface area contributed by atoms with Crippen LogP contribution in [0.2, 0.25) is 0 Å². The predicted molar refractivity (Wildman–Crippen MR) is 63.3 cm³/mol. The second-order valence-corrected chi connectivity index (χ2v) is 4.43. The first-order chi connectivity index (χ1) is 7.77. The van der Waals surface area contributed by atoms with Gasteiger partial charge in [0.25, 0.3) is 5.91 Å². The second-order valence-electron chi connectivity index (χ2n) is 4.43.